The van der Waals surface area contributed by atoms with Crippen LogP contribution in [0.15, 0.2) is 0 Å². The van der Waals surface area contributed by atoms with Crippen molar-refractivity contribution >= 4 is 0 Å². The molecule has 0 aromatic heterocycles. The molecular formula is C10H17O. The number of rotatable bonds is 0. The van der Waals surface area contributed by atoms with Crippen LogP contribution in [0.1, 0.15) is 38.5 Å². The summed E-state index contributed by atoms with van der Waals surface area (Å²) in [6.45, 7) is 2.00. The maximum Gasteiger partial charge on any atom is 0.0471 e. The summed E-state index contributed by atoms with van der Waals surface area (Å²) in [5, 5.41) is 0. The summed E-state index contributed by atoms with van der Waals surface area (Å²) in [5.41, 5.74) is 0. The Morgan fingerprint density at radius 2 is 2.00 bits per heavy atom. The molecule has 1 heteroatoms. The fraction of sp³-hybridized carbons (Fsp3) is 0.900. The molecule has 2 aliphatic rings. The van der Waals surface area contributed by atoms with Gasteiger partial charge >= 0.3 is 0 Å². The van der Waals surface area contributed by atoms with E-state index in [1.807, 2.05) is 5.92 Å². The van der Waals surface area contributed by atoms with Crippen LogP contribution in [0.2, 0.25) is 0 Å². The van der Waals surface area contributed by atoms with E-state index >= 15 is 0 Å². The Bertz CT molecular complexity index is 108. The molecule has 1 heterocycles. The molecule has 1 unspecified atom stereocenters. The van der Waals surface area contributed by atoms with Crippen molar-refractivity contribution in [3.05, 3.63) is 5.92 Å². The second-order valence-electron chi connectivity index (χ2n) is 3.75. The van der Waals surface area contributed by atoms with E-state index in [4.69, 9.17) is 4.74 Å². The number of hydrogen-bond acceptors (Lipinski definition) is 1. The van der Waals surface area contributed by atoms with Crippen molar-refractivity contribution in [1.29, 1.82) is 0 Å². The molecule has 0 N–H and O–H groups in total. The Labute approximate surface area is 69.1 Å². The van der Waals surface area contributed by atoms with Gasteiger partial charge in [-0.05, 0) is 37.5 Å². The molecule has 11 heavy (non-hydrogen) atoms. The molecule has 0 amide bonds. The Morgan fingerprint density at radius 3 is 3.00 bits per heavy atom. The predicted octanol–water partition coefficient (Wildman–Crippen LogP) is 2.56. The highest BCUT2D eigenvalue weighted by Gasteiger charge is 2.26. The first kappa shape index (κ1) is 7.60. The van der Waals surface area contributed by atoms with Gasteiger partial charge in [0.15, 0.2) is 0 Å². The minimum Gasteiger partial charge on any atom is -0.381 e. The average Bonchev–Trinajstić information content (AvgIpc) is 2.28. The zero-order valence-corrected chi connectivity index (χ0v) is 7.14. The molecule has 2 fully saturated rings. The molecule has 63 valence electrons. The van der Waals surface area contributed by atoms with E-state index in [0.717, 1.165) is 19.1 Å². The van der Waals surface area contributed by atoms with Gasteiger partial charge in [-0.1, -0.05) is 12.8 Å². The Kier molecular flexibility index (Phi) is 2.47. The molecule has 1 radical (unpaired) electrons. The van der Waals surface area contributed by atoms with Gasteiger partial charge in [0.2, 0.25) is 0 Å². The van der Waals surface area contributed by atoms with Crippen LogP contribution in [0.5, 0.6) is 0 Å². The fourth-order valence-electron chi connectivity index (χ4n) is 2.36. The zero-order valence-electron chi connectivity index (χ0n) is 7.14. The summed E-state index contributed by atoms with van der Waals surface area (Å²) >= 11 is 0. The smallest absolute Gasteiger partial charge is 0.0471 e. The Hall–Kier alpha value is -0.0400. The molecular weight excluding hydrogens is 136 g/mol. The predicted molar refractivity (Wildman–Crippen MR) is 45.3 cm³/mol. The highest BCUT2D eigenvalue weighted by molar-refractivity contribution is 4.99. The van der Waals surface area contributed by atoms with E-state index < -0.39 is 0 Å². The molecule has 0 aromatic carbocycles. The first-order chi connectivity index (χ1) is 5.47. The molecule has 2 rings (SSSR count). The monoisotopic (exact) mass is 153 g/mol. The third-order valence-electron chi connectivity index (χ3n) is 3.06. The third-order valence-corrected chi connectivity index (χ3v) is 3.06. The van der Waals surface area contributed by atoms with Crippen molar-refractivity contribution < 1.29 is 4.74 Å². The normalized spacial score (nSPS) is 34.4. The largest absolute Gasteiger partial charge is 0.381 e. The van der Waals surface area contributed by atoms with Crippen molar-refractivity contribution in [2.24, 2.45) is 5.92 Å². The maximum absolute atomic E-state index is 5.47. The average molecular weight is 153 g/mol. The molecule has 1 aliphatic heterocycles. The summed E-state index contributed by atoms with van der Waals surface area (Å²) in [6.07, 6.45) is 8.28. The fourth-order valence-corrected chi connectivity index (χ4v) is 2.36. The van der Waals surface area contributed by atoms with Gasteiger partial charge in [0.05, 0.1) is 0 Å². The molecule has 0 aromatic rings. The molecule has 0 spiro atoms. The van der Waals surface area contributed by atoms with Gasteiger partial charge in [-0.15, -0.1) is 0 Å². The second-order valence-corrected chi connectivity index (χ2v) is 3.75. The zero-order chi connectivity index (χ0) is 7.52. The van der Waals surface area contributed by atoms with Gasteiger partial charge < -0.3 is 4.74 Å². The van der Waals surface area contributed by atoms with Crippen LogP contribution in [-0.4, -0.2) is 13.2 Å². The van der Waals surface area contributed by atoms with Crippen LogP contribution < -0.4 is 0 Å². The summed E-state index contributed by atoms with van der Waals surface area (Å²) in [5.74, 6) is 2.75. The van der Waals surface area contributed by atoms with Crippen LogP contribution in [0.25, 0.3) is 0 Å². The topological polar surface area (TPSA) is 9.23 Å². The van der Waals surface area contributed by atoms with Crippen molar-refractivity contribution in [1.82, 2.24) is 0 Å². The molecule has 1 saturated carbocycles. The lowest BCUT2D eigenvalue weighted by molar-refractivity contribution is 0.141. The van der Waals surface area contributed by atoms with E-state index in [-0.39, 0.29) is 0 Å². The van der Waals surface area contributed by atoms with Gasteiger partial charge in [-0.2, -0.15) is 0 Å². The Morgan fingerprint density at radius 1 is 1.00 bits per heavy atom. The van der Waals surface area contributed by atoms with E-state index in [9.17, 15) is 0 Å². The van der Waals surface area contributed by atoms with E-state index in [2.05, 4.69) is 0 Å². The summed E-state index contributed by atoms with van der Waals surface area (Å²) in [7, 11) is 0. The van der Waals surface area contributed by atoms with Crippen molar-refractivity contribution in [2.45, 2.75) is 38.5 Å². The standard InChI is InChI=1S/C10H17O/c1-2-4-10-6-8-11-7-5-9(10)3-1/h9H,1-8H2. The lowest BCUT2D eigenvalue weighted by atomic mass is 9.77. The lowest BCUT2D eigenvalue weighted by Gasteiger charge is -2.28. The van der Waals surface area contributed by atoms with Crippen LogP contribution in [-0.2, 0) is 4.74 Å². The quantitative estimate of drug-likeness (QED) is 0.519. The second kappa shape index (κ2) is 3.57. The maximum atomic E-state index is 5.47. The lowest BCUT2D eigenvalue weighted by Crippen LogP contribution is -2.16. The summed E-state index contributed by atoms with van der Waals surface area (Å²) in [6, 6.07) is 0. The highest BCUT2D eigenvalue weighted by Crippen LogP contribution is 2.37. The van der Waals surface area contributed by atoms with Gasteiger partial charge in [0.1, 0.15) is 0 Å². The number of ether oxygens (including phenoxy) is 1. The van der Waals surface area contributed by atoms with Crippen molar-refractivity contribution in [2.75, 3.05) is 13.2 Å². The highest BCUT2D eigenvalue weighted by atomic mass is 16.5. The summed E-state index contributed by atoms with van der Waals surface area (Å²) in [4.78, 5) is 0. The van der Waals surface area contributed by atoms with Gasteiger partial charge in [0, 0.05) is 13.2 Å². The molecule has 1 atom stereocenters. The van der Waals surface area contributed by atoms with Crippen LogP contribution in [0.4, 0.5) is 0 Å². The van der Waals surface area contributed by atoms with Crippen LogP contribution in [0.3, 0.4) is 0 Å². The van der Waals surface area contributed by atoms with Gasteiger partial charge in [-0.25, -0.2) is 0 Å². The Balaban J connectivity index is 1.93. The first-order valence-corrected chi connectivity index (χ1v) is 4.89. The minimum absolute atomic E-state index is 0.936. The number of fused-ring (bicyclic) bond motifs is 1. The first-order valence-electron chi connectivity index (χ1n) is 4.89. The molecule has 1 aliphatic carbocycles. The van der Waals surface area contributed by atoms with E-state index in [1.54, 1.807) is 0 Å². The van der Waals surface area contributed by atoms with Crippen LogP contribution in [0, 0.1) is 11.8 Å². The number of hydrogen-bond donors (Lipinski definition) is 0. The van der Waals surface area contributed by atoms with Gasteiger partial charge in [0.25, 0.3) is 0 Å². The minimum atomic E-state index is 0.936. The molecule has 0 bridgehead atoms. The van der Waals surface area contributed by atoms with Crippen LogP contribution >= 0.6 is 0 Å². The van der Waals surface area contributed by atoms with E-state index in [1.165, 1.54) is 38.5 Å². The van der Waals surface area contributed by atoms with E-state index in [0.29, 0.717) is 0 Å². The van der Waals surface area contributed by atoms with Gasteiger partial charge in [-0.3, -0.25) is 0 Å². The SMILES string of the molecule is C1CCC2CCOCC[C]2C1. The van der Waals surface area contributed by atoms with Crippen molar-refractivity contribution in [3.8, 4) is 0 Å². The third kappa shape index (κ3) is 1.76. The van der Waals surface area contributed by atoms with Crippen molar-refractivity contribution in [3.63, 3.8) is 0 Å². The molecule has 1 nitrogen and oxygen atoms in total. The summed E-state index contributed by atoms with van der Waals surface area (Å²) < 4.78 is 5.47. The molecule has 1 saturated heterocycles.